The molecule has 0 spiro atoms. The van der Waals surface area contributed by atoms with Crippen molar-refractivity contribution in [2.75, 3.05) is 25.0 Å². The Balaban J connectivity index is 0.00000441. The van der Waals surface area contributed by atoms with E-state index in [0.717, 1.165) is 32.4 Å². The standard InChI is InChI=1S/C28H26Cl2N4O5.CH4/c29-19-8-9-25(32-15-19)33-28(38)22-12-20(30)13-24(39-16-26(36)37)21(22)14-23(35)17-4-6-18(7-5-17)27(31)34-10-2-1-3-11-34;/h4-9,12-13,15,31H,1-3,10-11,14,16H2,(H,36,37)(H,32,33,38);1H4. The van der Waals surface area contributed by atoms with E-state index in [4.69, 9.17) is 38.5 Å². The Morgan fingerprint density at radius 3 is 2.27 bits per heavy atom. The first kappa shape index (κ1) is 30.6. The predicted molar refractivity (Wildman–Crippen MR) is 155 cm³/mol. The van der Waals surface area contributed by atoms with Crippen LogP contribution in [0.1, 0.15) is 58.5 Å². The number of hydrogen-bond acceptors (Lipinski definition) is 6. The van der Waals surface area contributed by atoms with Crippen LogP contribution in [0, 0.1) is 5.41 Å². The van der Waals surface area contributed by atoms with Gasteiger partial charge in [-0.1, -0.05) is 54.9 Å². The van der Waals surface area contributed by atoms with Crippen molar-refractivity contribution in [2.45, 2.75) is 33.1 Å². The van der Waals surface area contributed by atoms with Crippen LogP contribution in [0.3, 0.4) is 0 Å². The molecule has 9 nitrogen and oxygen atoms in total. The molecule has 1 aliphatic rings. The third kappa shape index (κ3) is 7.80. The van der Waals surface area contributed by atoms with E-state index in [9.17, 15) is 14.4 Å². The van der Waals surface area contributed by atoms with Crippen LogP contribution in [-0.4, -0.2) is 58.2 Å². The summed E-state index contributed by atoms with van der Waals surface area (Å²) in [6.07, 6.45) is 4.38. The normalized spacial score (nSPS) is 12.7. The number of nitrogens with one attached hydrogen (secondary N) is 2. The molecule has 3 aromatic rings. The van der Waals surface area contributed by atoms with Crippen molar-refractivity contribution < 1.29 is 24.2 Å². The van der Waals surface area contributed by atoms with Crippen molar-refractivity contribution in [2.24, 2.45) is 0 Å². The summed E-state index contributed by atoms with van der Waals surface area (Å²) in [5.74, 6) is -1.51. The van der Waals surface area contributed by atoms with Gasteiger partial charge in [0.1, 0.15) is 17.4 Å². The molecule has 1 saturated heterocycles. The zero-order valence-electron chi connectivity index (χ0n) is 20.9. The zero-order chi connectivity index (χ0) is 27.9. The minimum atomic E-state index is -1.23. The summed E-state index contributed by atoms with van der Waals surface area (Å²) >= 11 is 12.1. The SMILES string of the molecule is C.N=C(c1ccc(C(=O)Cc2c(OCC(=O)O)cc(Cl)cc2C(=O)Nc2ccc(Cl)cn2)cc1)N1CCCCC1. The van der Waals surface area contributed by atoms with Gasteiger partial charge in [0.15, 0.2) is 12.4 Å². The van der Waals surface area contributed by atoms with Crippen LogP contribution < -0.4 is 10.1 Å². The van der Waals surface area contributed by atoms with Crippen LogP contribution in [0.25, 0.3) is 0 Å². The second-order valence-electron chi connectivity index (χ2n) is 9.00. The number of anilines is 1. The molecule has 2 aromatic carbocycles. The van der Waals surface area contributed by atoms with Crippen LogP contribution >= 0.6 is 23.2 Å². The molecule has 4 rings (SSSR count). The number of hydrogen-bond donors (Lipinski definition) is 3. The number of ether oxygens (including phenoxy) is 1. The third-order valence-electron chi connectivity index (χ3n) is 6.23. The van der Waals surface area contributed by atoms with E-state index in [2.05, 4.69) is 10.3 Å². The molecule has 2 heterocycles. The van der Waals surface area contributed by atoms with Gasteiger partial charge in [0, 0.05) is 53.0 Å². The molecule has 1 aliphatic heterocycles. The summed E-state index contributed by atoms with van der Waals surface area (Å²) in [6.45, 7) is 0.992. The topological polar surface area (TPSA) is 133 Å². The molecule has 11 heteroatoms. The number of carbonyl (C=O) groups is 3. The first-order valence-corrected chi connectivity index (χ1v) is 13.0. The number of rotatable bonds is 9. The fourth-order valence-electron chi connectivity index (χ4n) is 4.28. The Morgan fingerprint density at radius 1 is 0.975 bits per heavy atom. The van der Waals surface area contributed by atoms with Crippen molar-refractivity contribution in [1.82, 2.24) is 9.88 Å². The maximum atomic E-state index is 13.3. The number of amides is 1. The summed E-state index contributed by atoms with van der Waals surface area (Å²) in [7, 11) is 0. The number of pyridine rings is 1. The average molecular weight is 585 g/mol. The molecule has 1 aromatic heterocycles. The lowest BCUT2D eigenvalue weighted by Crippen LogP contribution is -2.35. The summed E-state index contributed by atoms with van der Waals surface area (Å²) in [4.78, 5) is 43.7. The van der Waals surface area contributed by atoms with Gasteiger partial charge >= 0.3 is 5.97 Å². The number of aromatic nitrogens is 1. The van der Waals surface area contributed by atoms with Gasteiger partial charge in [-0.25, -0.2) is 9.78 Å². The Bertz CT molecular complexity index is 1390. The summed E-state index contributed by atoms with van der Waals surface area (Å²) < 4.78 is 5.41. The number of nitrogens with zero attached hydrogens (tertiary/aromatic N) is 2. The lowest BCUT2D eigenvalue weighted by atomic mass is 9.96. The smallest absolute Gasteiger partial charge is 0.341 e. The van der Waals surface area contributed by atoms with Crippen molar-refractivity contribution in [1.29, 1.82) is 5.41 Å². The molecule has 40 heavy (non-hydrogen) atoms. The van der Waals surface area contributed by atoms with E-state index in [0.29, 0.717) is 22.0 Å². The Labute approximate surface area is 242 Å². The predicted octanol–water partition coefficient (Wildman–Crippen LogP) is 5.98. The Morgan fingerprint density at radius 2 is 1.65 bits per heavy atom. The van der Waals surface area contributed by atoms with Crippen molar-refractivity contribution in [3.8, 4) is 5.75 Å². The summed E-state index contributed by atoms with van der Waals surface area (Å²) in [6, 6.07) is 12.6. The fourth-order valence-corrected chi connectivity index (χ4v) is 4.60. The van der Waals surface area contributed by atoms with Gasteiger partial charge in [-0.05, 0) is 43.5 Å². The van der Waals surface area contributed by atoms with Crippen LogP contribution in [0.15, 0.2) is 54.7 Å². The van der Waals surface area contributed by atoms with Crippen molar-refractivity contribution in [3.05, 3.63) is 87.0 Å². The zero-order valence-corrected chi connectivity index (χ0v) is 22.4. The number of ketones is 1. The highest BCUT2D eigenvalue weighted by molar-refractivity contribution is 6.31. The summed E-state index contributed by atoms with van der Waals surface area (Å²) in [5.41, 5.74) is 1.30. The summed E-state index contributed by atoms with van der Waals surface area (Å²) in [5, 5.41) is 20.8. The lowest BCUT2D eigenvalue weighted by molar-refractivity contribution is -0.139. The highest BCUT2D eigenvalue weighted by Crippen LogP contribution is 2.30. The second-order valence-corrected chi connectivity index (χ2v) is 9.87. The molecule has 0 radical (unpaired) electrons. The highest BCUT2D eigenvalue weighted by atomic mass is 35.5. The Kier molecular flexibility index (Phi) is 10.6. The van der Waals surface area contributed by atoms with Gasteiger partial charge in [-0.3, -0.25) is 15.0 Å². The molecule has 0 aliphatic carbocycles. The van der Waals surface area contributed by atoms with Crippen molar-refractivity contribution >= 4 is 52.5 Å². The van der Waals surface area contributed by atoms with E-state index < -0.39 is 18.5 Å². The van der Waals surface area contributed by atoms with Crippen LogP contribution in [0.2, 0.25) is 10.0 Å². The van der Waals surface area contributed by atoms with Crippen LogP contribution in [-0.2, 0) is 11.2 Å². The molecule has 0 saturated carbocycles. The lowest BCUT2D eigenvalue weighted by Gasteiger charge is -2.29. The highest BCUT2D eigenvalue weighted by Gasteiger charge is 2.22. The molecular weight excluding hydrogens is 555 g/mol. The van der Waals surface area contributed by atoms with Gasteiger partial charge in [-0.15, -0.1) is 0 Å². The maximum Gasteiger partial charge on any atom is 0.341 e. The number of benzene rings is 2. The molecule has 210 valence electrons. The number of carboxylic acids is 1. The minimum Gasteiger partial charge on any atom is -0.482 e. The monoisotopic (exact) mass is 584 g/mol. The minimum absolute atomic E-state index is 0. The van der Waals surface area contributed by atoms with Gasteiger partial charge < -0.3 is 20.1 Å². The number of likely N-dealkylation sites (tertiary alicyclic amines) is 1. The number of piperidine rings is 1. The number of Topliss-reactive ketones (excluding diaryl/α,β-unsaturated/α-hetero) is 1. The quantitative estimate of drug-likeness (QED) is 0.160. The Hall–Kier alpha value is -3.95. The molecular formula is C29H30Cl2N4O5. The largest absolute Gasteiger partial charge is 0.482 e. The van der Waals surface area contributed by atoms with E-state index in [1.165, 1.54) is 24.4 Å². The molecule has 0 atom stereocenters. The number of carboxylic acid groups (broad SMARTS) is 1. The second kappa shape index (κ2) is 13.9. The van der Waals surface area contributed by atoms with Crippen LogP contribution in [0.5, 0.6) is 5.75 Å². The molecule has 3 N–H and O–H groups in total. The first-order chi connectivity index (χ1) is 18.7. The number of aliphatic carboxylic acids is 1. The van der Waals surface area contributed by atoms with E-state index in [1.54, 1.807) is 30.3 Å². The third-order valence-corrected chi connectivity index (χ3v) is 6.67. The van der Waals surface area contributed by atoms with Gasteiger partial charge in [0.25, 0.3) is 5.91 Å². The van der Waals surface area contributed by atoms with Gasteiger partial charge in [0.2, 0.25) is 0 Å². The molecule has 1 fully saturated rings. The number of halogens is 2. The fraction of sp³-hybridized carbons (Fsp3) is 0.276. The van der Waals surface area contributed by atoms with Crippen molar-refractivity contribution in [3.63, 3.8) is 0 Å². The van der Waals surface area contributed by atoms with Gasteiger partial charge in [-0.2, -0.15) is 0 Å². The van der Waals surface area contributed by atoms with E-state index >= 15 is 0 Å². The van der Waals surface area contributed by atoms with E-state index in [-0.39, 0.29) is 47.3 Å². The molecule has 0 unspecified atom stereocenters. The first-order valence-electron chi connectivity index (χ1n) is 12.3. The number of carbonyl (C=O) groups excluding carboxylic acids is 2. The average Bonchev–Trinajstić information content (AvgIpc) is 2.94. The number of amidine groups is 1. The van der Waals surface area contributed by atoms with Crippen LogP contribution in [0.4, 0.5) is 5.82 Å². The maximum absolute atomic E-state index is 13.3. The van der Waals surface area contributed by atoms with Gasteiger partial charge in [0.05, 0.1) is 5.02 Å². The van der Waals surface area contributed by atoms with E-state index in [1.807, 2.05) is 4.90 Å². The molecule has 1 amide bonds. The molecule has 0 bridgehead atoms.